The molecule has 26 heavy (non-hydrogen) atoms. The standard InChI is InChI=1S/C20H21N3O3/c1-4-17(20(25)26-13(2)3)23-18(14-8-7-11-21-12-14)22-16-10-6-5-9-15(16)19(23)24/h5-13,17H,4H2,1-3H3. The smallest absolute Gasteiger partial charge is 0.329 e. The van der Waals surface area contributed by atoms with Crippen molar-refractivity contribution in [3.8, 4) is 11.4 Å². The Morgan fingerprint density at radius 3 is 2.62 bits per heavy atom. The highest BCUT2D eigenvalue weighted by molar-refractivity contribution is 5.81. The number of rotatable bonds is 5. The fourth-order valence-electron chi connectivity index (χ4n) is 2.90. The number of pyridine rings is 1. The van der Waals surface area contributed by atoms with Gasteiger partial charge in [-0.1, -0.05) is 19.1 Å². The lowest BCUT2D eigenvalue weighted by Crippen LogP contribution is -2.33. The highest BCUT2D eigenvalue weighted by Crippen LogP contribution is 2.24. The first-order chi connectivity index (χ1) is 12.5. The number of carbonyl (C=O) groups is 1. The quantitative estimate of drug-likeness (QED) is 0.659. The van der Waals surface area contributed by atoms with E-state index in [4.69, 9.17) is 4.74 Å². The van der Waals surface area contributed by atoms with E-state index >= 15 is 0 Å². The van der Waals surface area contributed by atoms with E-state index in [1.807, 2.05) is 19.1 Å². The third-order valence-corrected chi connectivity index (χ3v) is 4.05. The summed E-state index contributed by atoms with van der Waals surface area (Å²) in [5, 5.41) is 0.468. The lowest BCUT2D eigenvalue weighted by atomic mass is 10.1. The van der Waals surface area contributed by atoms with Gasteiger partial charge in [-0.15, -0.1) is 0 Å². The monoisotopic (exact) mass is 351 g/mol. The van der Waals surface area contributed by atoms with Gasteiger partial charge in [-0.2, -0.15) is 0 Å². The Hall–Kier alpha value is -3.02. The Bertz CT molecular complexity index is 981. The Morgan fingerprint density at radius 1 is 1.19 bits per heavy atom. The zero-order valence-corrected chi connectivity index (χ0v) is 15.0. The van der Waals surface area contributed by atoms with E-state index in [1.165, 1.54) is 4.57 Å². The molecule has 0 N–H and O–H groups in total. The van der Waals surface area contributed by atoms with Crippen LogP contribution in [0.5, 0.6) is 0 Å². The van der Waals surface area contributed by atoms with Gasteiger partial charge in [-0.3, -0.25) is 14.3 Å². The van der Waals surface area contributed by atoms with Crippen molar-refractivity contribution in [1.82, 2.24) is 14.5 Å². The second kappa shape index (κ2) is 7.47. The first-order valence-electron chi connectivity index (χ1n) is 8.65. The first-order valence-corrected chi connectivity index (χ1v) is 8.65. The van der Waals surface area contributed by atoms with Crippen LogP contribution in [0.4, 0.5) is 0 Å². The molecule has 0 aliphatic carbocycles. The number of esters is 1. The summed E-state index contributed by atoms with van der Waals surface area (Å²) >= 11 is 0. The minimum absolute atomic E-state index is 0.262. The number of benzene rings is 1. The minimum atomic E-state index is -0.753. The number of para-hydroxylation sites is 1. The third kappa shape index (κ3) is 3.35. The van der Waals surface area contributed by atoms with Gasteiger partial charge >= 0.3 is 5.97 Å². The Labute approximate surface area is 151 Å². The predicted octanol–water partition coefficient (Wildman–Crippen LogP) is 3.36. The van der Waals surface area contributed by atoms with Gasteiger partial charge in [-0.05, 0) is 44.5 Å². The molecule has 0 aliphatic heterocycles. The molecule has 0 bridgehead atoms. The van der Waals surface area contributed by atoms with Crippen molar-refractivity contribution >= 4 is 16.9 Å². The maximum Gasteiger partial charge on any atom is 0.329 e. The molecule has 0 fully saturated rings. The predicted molar refractivity (Wildman–Crippen MR) is 99.8 cm³/mol. The number of fused-ring (bicyclic) bond motifs is 1. The van der Waals surface area contributed by atoms with Crippen LogP contribution >= 0.6 is 0 Å². The van der Waals surface area contributed by atoms with Crippen molar-refractivity contribution in [2.24, 2.45) is 0 Å². The lowest BCUT2D eigenvalue weighted by molar-refractivity contribution is -0.151. The van der Waals surface area contributed by atoms with Crippen LogP contribution in [0.15, 0.2) is 53.6 Å². The fourth-order valence-corrected chi connectivity index (χ4v) is 2.90. The van der Waals surface area contributed by atoms with Crippen molar-refractivity contribution in [3.05, 3.63) is 59.1 Å². The van der Waals surface area contributed by atoms with Crippen LogP contribution in [0, 0.1) is 0 Å². The van der Waals surface area contributed by atoms with Crippen molar-refractivity contribution in [1.29, 1.82) is 0 Å². The molecule has 0 saturated carbocycles. The molecule has 0 amide bonds. The Kier molecular flexibility index (Phi) is 5.11. The largest absolute Gasteiger partial charge is 0.461 e. The molecule has 6 heteroatoms. The molecule has 0 saturated heterocycles. The summed E-state index contributed by atoms with van der Waals surface area (Å²) in [6, 6.07) is 9.96. The topological polar surface area (TPSA) is 74.1 Å². The molecule has 0 aliphatic rings. The van der Waals surface area contributed by atoms with Crippen LogP contribution in [0.25, 0.3) is 22.3 Å². The maximum atomic E-state index is 13.2. The van der Waals surface area contributed by atoms with Crippen molar-refractivity contribution in [2.75, 3.05) is 0 Å². The van der Waals surface area contributed by atoms with E-state index in [1.54, 1.807) is 50.5 Å². The molecule has 3 rings (SSSR count). The van der Waals surface area contributed by atoms with Crippen LogP contribution in [-0.2, 0) is 9.53 Å². The van der Waals surface area contributed by atoms with Gasteiger partial charge in [0, 0.05) is 18.0 Å². The summed E-state index contributed by atoms with van der Waals surface area (Å²) in [7, 11) is 0. The molecule has 1 atom stereocenters. The molecule has 134 valence electrons. The lowest BCUT2D eigenvalue weighted by Gasteiger charge is -2.22. The number of nitrogens with zero attached hydrogens (tertiary/aromatic N) is 3. The van der Waals surface area contributed by atoms with Gasteiger partial charge in [-0.25, -0.2) is 9.78 Å². The highest BCUT2D eigenvalue weighted by Gasteiger charge is 2.27. The average Bonchev–Trinajstić information content (AvgIpc) is 2.64. The summed E-state index contributed by atoms with van der Waals surface area (Å²) in [6.07, 6.45) is 3.44. The first kappa shape index (κ1) is 17.8. The van der Waals surface area contributed by atoms with Gasteiger partial charge in [0.2, 0.25) is 0 Å². The summed E-state index contributed by atoms with van der Waals surface area (Å²) in [5.74, 6) is -0.0267. The number of hydrogen-bond acceptors (Lipinski definition) is 5. The number of hydrogen-bond donors (Lipinski definition) is 0. The van der Waals surface area contributed by atoms with E-state index in [-0.39, 0.29) is 11.7 Å². The van der Waals surface area contributed by atoms with Crippen molar-refractivity contribution < 1.29 is 9.53 Å². The van der Waals surface area contributed by atoms with E-state index in [9.17, 15) is 9.59 Å². The van der Waals surface area contributed by atoms with Crippen LogP contribution in [-0.4, -0.2) is 26.6 Å². The number of ether oxygens (including phenoxy) is 1. The van der Waals surface area contributed by atoms with Crippen molar-refractivity contribution in [2.45, 2.75) is 39.3 Å². The van der Waals surface area contributed by atoms with Crippen molar-refractivity contribution in [3.63, 3.8) is 0 Å². The average molecular weight is 351 g/mol. The number of carbonyl (C=O) groups excluding carboxylic acids is 1. The van der Waals surface area contributed by atoms with Gasteiger partial charge in [0.15, 0.2) is 0 Å². The van der Waals surface area contributed by atoms with Crippen LogP contribution in [0.1, 0.15) is 33.2 Å². The van der Waals surface area contributed by atoms with E-state index in [0.717, 1.165) is 0 Å². The highest BCUT2D eigenvalue weighted by atomic mass is 16.5. The fraction of sp³-hybridized carbons (Fsp3) is 0.300. The van der Waals surface area contributed by atoms with Gasteiger partial charge < -0.3 is 4.74 Å². The number of aromatic nitrogens is 3. The molecule has 0 radical (unpaired) electrons. The SMILES string of the molecule is CCC(C(=O)OC(C)C)n1c(-c2cccnc2)nc2ccccc2c1=O. The molecular weight excluding hydrogens is 330 g/mol. The van der Waals surface area contributed by atoms with E-state index in [0.29, 0.717) is 28.7 Å². The maximum absolute atomic E-state index is 13.2. The van der Waals surface area contributed by atoms with Gasteiger partial charge in [0.05, 0.1) is 17.0 Å². The van der Waals surface area contributed by atoms with Gasteiger partial charge in [0.25, 0.3) is 5.56 Å². The van der Waals surface area contributed by atoms with E-state index in [2.05, 4.69) is 9.97 Å². The molecule has 2 aromatic heterocycles. The molecule has 6 nitrogen and oxygen atoms in total. The summed E-state index contributed by atoms with van der Waals surface area (Å²) < 4.78 is 6.81. The zero-order valence-electron chi connectivity index (χ0n) is 15.0. The van der Waals surface area contributed by atoms with E-state index < -0.39 is 12.0 Å². The van der Waals surface area contributed by atoms with Gasteiger partial charge in [0.1, 0.15) is 11.9 Å². The summed E-state index contributed by atoms with van der Waals surface area (Å²) in [5.41, 5.74) is 0.993. The molecule has 0 spiro atoms. The van der Waals surface area contributed by atoms with Crippen LogP contribution in [0.2, 0.25) is 0 Å². The molecular formula is C20H21N3O3. The Morgan fingerprint density at radius 2 is 1.96 bits per heavy atom. The van der Waals surface area contributed by atoms with Crippen LogP contribution in [0.3, 0.4) is 0 Å². The second-order valence-electron chi connectivity index (χ2n) is 6.28. The second-order valence-corrected chi connectivity index (χ2v) is 6.28. The molecule has 1 unspecified atom stereocenters. The minimum Gasteiger partial charge on any atom is -0.461 e. The summed E-state index contributed by atoms with van der Waals surface area (Å²) in [4.78, 5) is 34.6. The van der Waals surface area contributed by atoms with Crippen LogP contribution < -0.4 is 5.56 Å². The third-order valence-electron chi connectivity index (χ3n) is 4.05. The molecule has 1 aromatic carbocycles. The molecule has 2 heterocycles. The Balaban J connectivity index is 2.29. The normalized spacial score (nSPS) is 12.3. The molecule has 3 aromatic rings. The zero-order chi connectivity index (χ0) is 18.7. The summed E-state index contributed by atoms with van der Waals surface area (Å²) in [6.45, 7) is 5.42.